The second-order valence-corrected chi connectivity index (χ2v) is 8.58. The van der Waals surface area contributed by atoms with Crippen molar-refractivity contribution in [3.05, 3.63) is 41.6 Å². The third-order valence-electron chi connectivity index (χ3n) is 4.27. The van der Waals surface area contributed by atoms with Crippen LogP contribution < -0.4 is 10.2 Å². The van der Waals surface area contributed by atoms with Gasteiger partial charge in [0.1, 0.15) is 5.82 Å². The minimum atomic E-state index is -2.92. The van der Waals surface area contributed by atoms with Gasteiger partial charge < -0.3 is 10.2 Å². The Hall–Kier alpha value is -2.15. The molecule has 1 saturated heterocycles. The molecule has 0 aliphatic carbocycles. The van der Waals surface area contributed by atoms with Crippen molar-refractivity contribution >= 4 is 27.3 Å². The van der Waals surface area contributed by atoms with E-state index in [1.54, 1.807) is 0 Å². The first kappa shape index (κ1) is 16.7. The quantitative estimate of drug-likeness (QED) is 0.916. The zero-order valence-electron chi connectivity index (χ0n) is 14.2. The van der Waals surface area contributed by atoms with Gasteiger partial charge in [-0.25, -0.2) is 13.4 Å². The summed E-state index contributed by atoms with van der Waals surface area (Å²) in [7, 11) is -1.03. The van der Waals surface area contributed by atoms with Gasteiger partial charge in [-0.15, -0.1) is 0 Å². The Balaban J connectivity index is 1.82. The molecule has 6 nitrogen and oxygen atoms in total. The molecule has 3 rings (SSSR count). The Bertz CT molecular complexity index is 834. The van der Waals surface area contributed by atoms with Crippen molar-refractivity contribution in [2.24, 2.45) is 0 Å². The van der Waals surface area contributed by atoms with E-state index < -0.39 is 9.84 Å². The smallest absolute Gasteiger partial charge is 0.229 e. The van der Waals surface area contributed by atoms with Crippen molar-refractivity contribution in [3.8, 4) is 0 Å². The van der Waals surface area contributed by atoms with E-state index >= 15 is 0 Å². The van der Waals surface area contributed by atoms with E-state index in [4.69, 9.17) is 0 Å². The first-order chi connectivity index (χ1) is 11.3. The van der Waals surface area contributed by atoms with E-state index in [2.05, 4.69) is 15.3 Å². The second kappa shape index (κ2) is 6.39. The number of aromatic nitrogens is 2. The first-order valence-corrected chi connectivity index (χ1v) is 9.77. The van der Waals surface area contributed by atoms with Gasteiger partial charge >= 0.3 is 0 Å². The summed E-state index contributed by atoms with van der Waals surface area (Å²) in [6, 6.07) is 9.85. The second-order valence-electron chi connectivity index (χ2n) is 6.35. The molecule has 1 atom stereocenters. The van der Waals surface area contributed by atoms with Gasteiger partial charge in [-0.1, -0.05) is 17.7 Å². The lowest BCUT2D eigenvalue weighted by molar-refractivity contribution is 0.600. The standard InChI is InChI=1S/C17H22N4O2S/c1-12-4-6-14(7-5-12)19-17-18-13(2)10-16(20-17)21(3)15-8-9-24(22,23)11-15/h4-7,10,15H,8-9,11H2,1-3H3,(H,18,19,20). The van der Waals surface area contributed by atoms with Crippen LogP contribution in [0.25, 0.3) is 0 Å². The molecule has 2 heterocycles. The average Bonchev–Trinajstić information content (AvgIpc) is 2.88. The third-order valence-corrected chi connectivity index (χ3v) is 6.02. The van der Waals surface area contributed by atoms with Crippen molar-refractivity contribution in [2.75, 3.05) is 28.8 Å². The number of hydrogen-bond donors (Lipinski definition) is 1. The van der Waals surface area contributed by atoms with Gasteiger partial charge in [0.25, 0.3) is 0 Å². The molecule has 1 aromatic heterocycles. The summed E-state index contributed by atoms with van der Waals surface area (Å²) < 4.78 is 23.4. The van der Waals surface area contributed by atoms with Crippen LogP contribution in [-0.2, 0) is 9.84 Å². The van der Waals surface area contributed by atoms with E-state index in [9.17, 15) is 8.42 Å². The van der Waals surface area contributed by atoms with Gasteiger partial charge in [0.05, 0.1) is 11.5 Å². The first-order valence-electron chi connectivity index (χ1n) is 7.95. The number of anilines is 3. The molecular formula is C17H22N4O2S. The van der Waals surface area contributed by atoms with Crippen molar-refractivity contribution in [3.63, 3.8) is 0 Å². The molecule has 128 valence electrons. The zero-order chi connectivity index (χ0) is 17.3. The highest BCUT2D eigenvalue weighted by molar-refractivity contribution is 7.91. The Morgan fingerprint density at radius 3 is 2.50 bits per heavy atom. The maximum atomic E-state index is 11.7. The molecule has 24 heavy (non-hydrogen) atoms. The lowest BCUT2D eigenvalue weighted by Crippen LogP contribution is -2.33. The molecule has 1 N–H and O–H groups in total. The van der Waals surface area contributed by atoms with E-state index in [-0.39, 0.29) is 17.5 Å². The van der Waals surface area contributed by atoms with Crippen LogP contribution in [0.5, 0.6) is 0 Å². The molecule has 7 heteroatoms. The van der Waals surface area contributed by atoms with Crippen LogP contribution in [0.1, 0.15) is 17.7 Å². The van der Waals surface area contributed by atoms with Crippen LogP contribution >= 0.6 is 0 Å². The molecule has 2 aromatic rings. The number of rotatable bonds is 4. The molecule has 1 aliphatic rings. The fraction of sp³-hybridized carbons (Fsp3) is 0.412. The maximum Gasteiger partial charge on any atom is 0.229 e. The minimum Gasteiger partial charge on any atom is -0.355 e. The van der Waals surface area contributed by atoms with E-state index in [1.807, 2.05) is 56.1 Å². The van der Waals surface area contributed by atoms with Gasteiger partial charge in [-0.3, -0.25) is 0 Å². The molecule has 0 radical (unpaired) electrons. The number of hydrogen-bond acceptors (Lipinski definition) is 6. The van der Waals surface area contributed by atoms with Gasteiger partial charge in [0.15, 0.2) is 9.84 Å². The Labute approximate surface area is 142 Å². The number of aryl methyl sites for hydroxylation is 2. The number of sulfone groups is 1. The molecule has 1 fully saturated rings. The predicted octanol–water partition coefficient (Wildman–Crippen LogP) is 2.46. The minimum absolute atomic E-state index is 0.0310. The third kappa shape index (κ3) is 3.84. The lowest BCUT2D eigenvalue weighted by atomic mass is 10.2. The zero-order valence-corrected chi connectivity index (χ0v) is 15.0. The summed E-state index contributed by atoms with van der Waals surface area (Å²) >= 11 is 0. The molecule has 0 amide bonds. The molecule has 0 saturated carbocycles. The molecule has 0 spiro atoms. The number of benzene rings is 1. The molecule has 1 aromatic carbocycles. The van der Waals surface area contributed by atoms with Crippen LogP contribution in [0.2, 0.25) is 0 Å². The largest absolute Gasteiger partial charge is 0.355 e. The molecule has 1 unspecified atom stereocenters. The van der Waals surface area contributed by atoms with Gasteiger partial charge in [0.2, 0.25) is 5.95 Å². The van der Waals surface area contributed by atoms with Crippen LogP contribution in [0.3, 0.4) is 0 Å². The van der Waals surface area contributed by atoms with Gasteiger partial charge in [-0.2, -0.15) is 4.98 Å². The number of nitrogens with zero attached hydrogens (tertiary/aromatic N) is 3. The highest BCUT2D eigenvalue weighted by Gasteiger charge is 2.31. The highest BCUT2D eigenvalue weighted by Crippen LogP contribution is 2.23. The normalized spacial score (nSPS) is 19.2. The summed E-state index contributed by atoms with van der Waals surface area (Å²) in [5.74, 6) is 1.69. The SMILES string of the molecule is Cc1ccc(Nc2nc(C)cc(N(C)C3CCS(=O)(=O)C3)n2)cc1. The average molecular weight is 346 g/mol. The van der Waals surface area contributed by atoms with Gasteiger partial charge in [0, 0.05) is 30.5 Å². The summed E-state index contributed by atoms with van der Waals surface area (Å²) in [6.07, 6.45) is 0.641. The highest BCUT2D eigenvalue weighted by atomic mass is 32.2. The Morgan fingerprint density at radius 1 is 1.17 bits per heavy atom. The topological polar surface area (TPSA) is 75.2 Å². The van der Waals surface area contributed by atoms with Crippen LogP contribution in [0, 0.1) is 13.8 Å². The molecular weight excluding hydrogens is 324 g/mol. The fourth-order valence-corrected chi connectivity index (χ4v) is 4.60. The van der Waals surface area contributed by atoms with Gasteiger partial charge in [-0.05, 0) is 32.4 Å². The summed E-state index contributed by atoms with van der Waals surface area (Å²) in [6.45, 7) is 3.94. The van der Waals surface area contributed by atoms with Crippen LogP contribution in [0.4, 0.5) is 17.5 Å². The van der Waals surface area contributed by atoms with Crippen molar-refractivity contribution in [1.82, 2.24) is 9.97 Å². The predicted molar refractivity (Wildman–Crippen MR) is 96.7 cm³/mol. The van der Waals surface area contributed by atoms with Crippen molar-refractivity contribution in [1.29, 1.82) is 0 Å². The summed E-state index contributed by atoms with van der Waals surface area (Å²) in [5.41, 5.74) is 2.94. The maximum absolute atomic E-state index is 11.7. The van der Waals surface area contributed by atoms with E-state index in [0.29, 0.717) is 12.4 Å². The summed E-state index contributed by atoms with van der Waals surface area (Å²) in [4.78, 5) is 10.9. The lowest BCUT2D eigenvalue weighted by Gasteiger charge is -2.25. The Kier molecular flexibility index (Phi) is 4.45. The monoisotopic (exact) mass is 346 g/mol. The van der Waals surface area contributed by atoms with Crippen molar-refractivity contribution < 1.29 is 8.42 Å². The Morgan fingerprint density at radius 2 is 1.88 bits per heavy atom. The van der Waals surface area contributed by atoms with Crippen molar-refractivity contribution in [2.45, 2.75) is 26.3 Å². The fourth-order valence-electron chi connectivity index (χ4n) is 2.82. The van der Waals surface area contributed by atoms with Crippen LogP contribution in [-0.4, -0.2) is 43.0 Å². The molecule has 0 bridgehead atoms. The number of nitrogens with one attached hydrogen (secondary N) is 1. The molecule has 1 aliphatic heterocycles. The van der Waals surface area contributed by atoms with Crippen LogP contribution in [0.15, 0.2) is 30.3 Å². The summed E-state index contributed by atoms with van der Waals surface area (Å²) in [5, 5.41) is 3.21. The van der Waals surface area contributed by atoms with E-state index in [0.717, 1.165) is 17.2 Å². The van der Waals surface area contributed by atoms with E-state index in [1.165, 1.54) is 5.56 Å².